The Labute approximate surface area is 368 Å². The van der Waals surface area contributed by atoms with Crippen LogP contribution in [0.3, 0.4) is 0 Å². The molecule has 1 fully saturated rings. The van der Waals surface area contributed by atoms with Gasteiger partial charge in [0.15, 0.2) is 17.7 Å². The largest absolute Gasteiger partial charge is 0.790 e. The Morgan fingerprint density at radius 2 is 1.63 bits per heavy atom. The molecule has 0 saturated carbocycles. The van der Waals surface area contributed by atoms with E-state index in [2.05, 4.69) is 62.5 Å². The molecule has 6 N–H and O–H groups in total. The molecule has 2 amide bonds. The van der Waals surface area contributed by atoms with Crippen LogP contribution in [0.15, 0.2) is 37.0 Å². The Balaban J connectivity index is 1.37. The lowest BCUT2D eigenvalue weighted by Crippen LogP contribution is -2.46. The van der Waals surface area contributed by atoms with Crippen LogP contribution >= 0.6 is 35.2 Å². The molecule has 2 aromatic rings. The van der Waals surface area contributed by atoms with Crippen LogP contribution in [0.2, 0.25) is 0 Å². The highest BCUT2D eigenvalue weighted by Crippen LogP contribution is 2.56. The Morgan fingerprint density at radius 3 is 2.30 bits per heavy atom. The van der Waals surface area contributed by atoms with E-state index in [1.807, 2.05) is 6.08 Å². The predicted octanol–water partition coefficient (Wildman–Crippen LogP) is 0.390. The number of carbonyl (C=O) groups excluding carboxylic acids is 3. The number of phosphoric ester groups is 3. The zero-order valence-corrected chi connectivity index (χ0v) is 38.4. The minimum atomic E-state index is -5.92. The number of nitrogen functional groups attached to an aromatic ring is 1. The molecule has 63 heavy (non-hydrogen) atoms. The zero-order chi connectivity index (χ0) is 46.8. The minimum absolute atomic E-state index is 0.0209. The van der Waals surface area contributed by atoms with Gasteiger partial charge in [0, 0.05) is 30.7 Å². The number of hydrogen-bond acceptors (Lipinski definition) is 22. The molecule has 0 spiro atoms. The fourth-order valence-electron chi connectivity index (χ4n) is 5.76. The summed E-state index contributed by atoms with van der Waals surface area (Å²) in [6, 6.07) is 0. The van der Waals surface area contributed by atoms with E-state index in [0.717, 1.165) is 61.1 Å². The molecule has 0 aliphatic carbocycles. The summed E-state index contributed by atoms with van der Waals surface area (Å²) >= 11 is 1.04. The standard InChI is InChI=1S/C35H58N7O17P3S/c1-4-5-6-7-8-9-10-11-12-13-14-15-26(44)63-19-18-37-25(43)16-17-38-33(47)30(46)35(2,3)21-56-62(53,54)59-61(51,52)55-20-24-29(58-60(48,49)50)28(45)34(57-24)42-23-41-27-31(36)39-22-40-32(27)42/h8-9,14-15,22-24,28-30,34,45-46H,4-7,10-13,16-21H2,1-3H3,(H,37,43)(H,38,47)(H,51,52)(H,53,54)(H2,36,39,40)(H2,48,49,50)/p-4/b9-8-,15-14+/t24-,28-,29-,30+,34-/m1/s1. The lowest BCUT2D eigenvalue weighted by molar-refractivity contribution is -0.347. The number of hydrogen-bond donors (Lipinski definition) is 5. The third kappa shape index (κ3) is 19.2. The van der Waals surface area contributed by atoms with Crippen molar-refractivity contribution in [1.82, 2.24) is 30.2 Å². The highest BCUT2D eigenvalue weighted by molar-refractivity contribution is 8.14. The van der Waals surface area contributed by atoms with Crippen LogP contribution in [-0.2, 0) is 50.7 Å². The summed E-state index contributed by atoms with van der Waals surface area (Å²) < 4.78 is 60.7. The number of amides is 2. The summed E-state index contributed by atoms with van der Waals surface area (Å²) in [4.78, 5) is 96.5. The number of unbranched alkanes of at least 4 members (excludes halogenated alkanes) is 6. The maximum Gasteiger partial charge on any atom is 0.274 e. The summed E-state index contributed by atoms with van der Waals surface area (Å²) in [6.07, 6.45) is 8.77. The molecule has 2 unspecified atom stereocenters. The molecule has 1 saturated heterocycles. The molecule has 0 aromatic carbocycles. The monoisotopic (exact) mass is 969 g/mol. The normalized spacial score (nSPS) is 20.8. The average molecular weight is 970 g/mol. The van der Waals surface area contributed by atoms with Gasteiger partial charge in [0.05, 0.1) is 27.4 Å². The van der Waals surface area contributed by atoms with Crippen LogP contribution in [0.1, 0.15) is 84.8 Å². The van der Waals surface area contributed by atoms with Crippen molar-refractivity contribution < 1.29 is 80.5 Å². The number of anilines is 1. The van der Waals surface area contributed by atoms with Gasteiger partial charge in [-0.2, -0.15) is 0 Å². The topological polar surface area (TPSA) is 375 Å². The lowest BCUT2D eigenvalue weighted by atomic mass is 9.87. The Bertz CT molecular complexity index is 2020. The number of phosphoric acid groups is 3. The van der Waals surface area contributed by atoms with Gasteiger partial charge in [-0.25, -0.2) is 19.3 Å². The van der Waals surface area contributed by atoms with Crippen molar-refractivity contribution in [2.45, 2.75) is 109 Å². The van der Waals surface area contributed by atoms with Gasteiger partial charge in [0.25, 0.3) is 15.6 Å². The molecular weight excluding hydrogens is 915 g/mol. The van der Waals surface area contributed by atoms with E-state index in [0.29, 0.717) is 5.75 Å². The first kappa shape index (κ1) is 54.4. The van der Waals surface area contributed by atoms with Gasteiger partial charge in [-0.1, -0.05) is 63.6 Å². The maximum atomic E-state index is 12.6. The number of nitrogens with two attached hydrogens (primary N) is 1. The summed E-state index contributed by atoms with van der Waals surface area (Å²) in [5.74, 6) is -1.23. The summed E-state index contributed by atoms with van der Waals surface area (Å²) in [5.41, 5.74) is 4.08. The third-order valence-corrected chi connectivity index (χ3v) is 12.9. The summed E-state index contributed by atoms with van der Waals surface area (Å²) in [5, 5.41) is 26.2. The number of fused-ring (bicyclic) bond motifs is 1. The molecule has 356 valence electrons. The van der Waals surface area contributed by atoms with E-state index in [4.69, 9.17) is 10.5 Å². The number of nitrogens with zero attached hydrogens (tertiary/aromatic N) is 4. The second-order valence-electron chi connectivity index (χ2n) is 14.8. The molecular formula is C35H54N7O17P3S-4. The lowest BCUT2D eigenvalue weighted by Gasteiger charge is -2.36. The Kier molecular flexibility index (Phi) is 22.1. The van der Waals surface area contributed by atoms with Crippen LogP contribution < -0.4 is 35.9 Å². The van der Waals surface area contributed by atoms with Crippen molar-refractivity contribution in [2.75, 3.05) is 37.8 Å². The molecule has 0 radical (unpaired) electrons. The molecule has 1 aliphatic heterocycles. The second-order valence-corrected chi connectivity index (χ2v) is 20.0. The fourth-order valence-corrected chi connectivity index (χ4v) is 9.09. The molecule has 7 atom stereocenters. The van der Waals surface area contributed by atoms with Gasteiger partial charge in [-0.05, 0) is 44.6 Å². The number of aliphatic hydroxyl groups is 2. The van der Waals surface area contributed by atoms with Crippen LogP contribution in [0.4, 0.5) is 5.82 Å². The molecule has 1 aliphatic rings. The molecule has 28 heteroatoms. The van der Waals surface area contributed by atoms with Crippen LogP contribution in [0, 0.1) is 5.41 Å². The summed E-state index contributed by atoms with van der Waals surface area (Å²) in [7, 11) is -17.6. The van der Waals surface area contributed by atoms with Gasteiger partial charge >= 0.3 is 0 Å². The van der Waals surface area contributed by atoms with Crippen molar-refractivity contribution >= 4 is 69.1 Å². The second kappa shape index (κ2) is 25.7. The first-order chi connectivity index (χ1) is 29.6. The van der Waals surface area contributed by atoms with Crippen molar-refractivity contribution in [3.63, 3.8) is 0 Å². The molecule has 3 rings (SSSR count). The number of allylic oxidation sites excluding steroid dienone is 3. The van der Waals surface area contributed by atoms with E-state index in [-0.39, 0.29) is 41.6 Å². The van der Waals surface area contributed by atoms with Gasteiger partial charge in [-0.15, -0.1) is 0 Å². The number of ether oxygens (including phenoxy) is 1. The van der Waals surface area contributed by atoms with Gasteiger partial charge in [0.1, 0.15) is 36.3 Å². The number of imidazole rings is 1. The average Bonchev–Trinajstić information content (AvgIpc) is 3.76. The van der Waals surface area contributed by atoms with Crippen molar-refractivity contribution in [1.29, 1.82) is 0 Å². The third-order valence-electron chi connectivity index (χ3n) is 9.11. The fraction of sp³-hybridized carbons (Fsp3) is 0.657. The van der Waals surface area contributed by atoms with Crippen LogP contribution in [-0.4, -0.2) is 103 Å². The van der Waals surface area contributed by atoms with Gasteiger partial charge < -0.3 is 69.0 Å². The van der Waals surface area contributed by atoms with Crippen molar-refractivity contribution in [3.8, 4) is 0 Å². The number of aromatic nitrogens is 4. The SMILES string of the molecule is CCCCC/C=C\CCCC/C=C/C(=O)SCCNC(=O)CCNC(=O)[C@H](O)C(C)(C)COP(=O)([O-])OP(=O)([O-])OC[C@H]1O[C@@H](n2cnc3c(N)ncnc32)[C@H](O)[C@@H]1OP(=O)([O-])[O-]. The number of nitrogens with one attached hydrogen (secondary N) is 2. The number of aliphatic hydroxyl groups excluding tert-OH is 2. The predicted molar refractivity (Wildman–Crippen MR) is 219 cm³/mol. The van der Waals surface area contributed by atoms with E-state index < -0.39 is 84.6 Å². The van der Waals surface area contributed by atoms with Crippen LogP contribution in [0.5, 0.6) is 0 Å². The first-order valence-electron chi connectivity index (χ1n) is 19.9. The van der Waals surface area contributed by atoms with E-state index in [1.54, 1.807) is 0 Å². The summed E-state index contributed by atoms with van der Waals surface area (Å²) in [6.45, 7) is 2.27. The highest BCUT2D eigenvalue weighted by atomic mass is 32.2. The number of thioether (sulfide) groups is 1. The maximum absolute atomic E-state index is 12.6. The number of rotatable bonds is 29. The van der Waals surface area contributed by atoms with Crippen molar-refractivity contribution in [2.24, 2.45) is 5.41 Å². The number of carbonyl (C=O) groups is 3. The molecule has 0 bridgehead atoms. The quantitative estimate of drug-likeness (QED) is 0.0318. The van der Waals surface area contributed by atoms with Crippen LogP contribution in [0.25, 0.3) is 11.2 Å². The minimum Gasteiger partial charge on any atom is -0.790 e. The molecule has 3 heterocycles. The zero-order valence-electron chi connectivity index (χ0n) is 34.9. The Hall–Kier alpha value is -2.96. The molecule has 24 nitrogen and oxygen atoms in total. The van der Waals surface area contributed by atoms with E-state index in [9.17, 15) is 57.9 Å². The van der Waals surface area contributed by atoms with E-state index in [1.165, 1.54) is 39.2 Å². The molecule has 2 aromatic heterocycles. The highest BCUT2D eigenvalue weighted by Gasteiger charge is 2.47. The first-order valence-corrected chi connectivity index (χ1v) is 25.2. The van der Waals surface area contributed by atoms with E-state index >= 15 is 0 Å². The Morgan fingerprint density at radius 1 is 0.984 bits per heavy atom. The smallest absolute Gasteiger partial charge is 0.274 e. The van der Waals surface area contributed by atoms with Gasteiger partial charge in [0.2, 0.25) is 16.9 Å². The van der Waals surface area contributed by atoms with Gasteiger partial charge in [-0.3, -0.25) is 28.1 Å². The van der Waals surface area contributed by atoms with Crippen molar-refractivity contribution in [3.05, 3.63) is 37.0 Å².